The van der Waals surface area contributed by atoms with Crippen molar-refractivity contribution in [3.63, 3.8) is 0 Å². The molecule has 2 N–H and O–H groups in total. The Balaban J connectivity index is 1.79. The fourth-order valence-corrected chi connectivity index (χ4v) is 3.76. The molecule has 6 nitrogen and oxygen atoms in total. The van der Waals surface area contributed by atoms with Gasteiger partial charge in [-0.3, -0.25) is 4.79 Å². The van der Waals surface area contributed by atoms with Crippen LogP contribution in [0, 0.1) is 5.92 Å². The topological polar surface area (TPSA) is 101 Å². The van der Waals surface area contributed by atoms with E-state index >= 15 is 0 Å². The third-order valence-electron chi connectivity index (χ3n) is 5.32. The number of nitrogens with two attached hydrogens (primary N) is 1. The van der Waals surface area contributed by atoms with Gasteiger partial charge in [0, 0.05) is 4.91 Å². The van der Waals surface area contributed by atoms with Crippen molar-refractivity contribution in [2.75, 3.05) is 6.61 Å². The first-order valence-corrected chi connectivity index (χ1v) is 9.82. The Morgan fingerprint density at radius 3 is 2.61 bits per heavy atom. The smallest absolute Gasteiger partial charge is 0.252 e. The van der Waals surface area contributed by atoms with E-state index in [0.29, 0.717) is 30.3 Å². The zero-order chi connectivity index (χ0) is 19.8. The predicted octanol–water partition coefficient (Wildman–Crippen LogP) is 5.34. The van der Waals surface area contributed by atoms with Crippen LogP contribution in [0.1, 0.15) is 59.6 Å². The van der Waals surface area contributed by atoms with E-state index in [2.05, 4.69) is 10.0 Å². The van der Waals surface area contributed by atoms with Crippen LogP contribution in [0.4, 0.5) is 0 Å². The van der Waals surface area contributed by atoms with Gasteiger partial charge in [0.2, 0.25) is 0 Å². The van der Waals surface area contributed by atoms with Crippen molar-refractivity contribution in [3.8, 4) is 5.75 Å². The standard InChI is InChI=1S/C22H26N4O2/c23-22(27)19-14-18(20(25-26-24)13-16-7-3-1-4-8-16)11-12-21(19)28-15-17-9-5-2-6-10-17/h1,3-4,7-8,11-12,14,17,20H,2,5-6,9-10,13,15H2,(H2,23,27). The van der Waals surface area contributed by atoms with Gasteiger partial charge in [-0.15, -0.1) is 0 Å². The maximum Gasteiger partial charge on any atom is 0.252 e. The van der Waals surface area contributed by atoms with Gasteiger partial charge in [0.15, 0.2) is 0 Å². The van der Waals surface area contributed by atoms with E-state index in [4.69, 9.17) is 16.0 Å². The first kappa shape index (κ1) is 19.8. The van der Waals surface area contributed by atoms with Crippen molar-refractivity contribution >= 4 is 5.91 Å². The molecule has 1 fully saturated rings. The number of rotatable bonds is 8. The van der Waals surface area contributed by atoms with Crippen LogP contribution in [0.5, 0.6) is 5.75 Å². The summed E-state index contributed by atoms with van der Waals surface area (Å²) in [4.78, 5) is 15.0. The lowest BCUT2D eigenvalue weighted by Crippen LogP contribution is -2.18. The van der Waals surface area contributed by atoms with E-state index in [9.17, 15) is 4.79 Å². The Hall–Kier alpha value is -2.98. The number of ether oxygens (including phenoxy) is 1. The summed E-state index contributed by atoms with van der Waals surface area (Å²) in [6.07, 6.45) is 6.65. The first-order chi connectivity index (χ1) is 13.7. The lowest BCUT2D eigenvalue weighted by atomic mass is 9.90. The summed E-state index contributed by atoms with van der Waals surface area (Å²) in [5.41, 5.74) is 16.7. The molecule has 0 saturated heterocycles. The molecule has 1 saturated carbocycles. The molecule has 0 radical (unpaired) electrons. The van der Waals surface area contributed by atoms with E-state index in [1.54, 1.807) is 12.1 Å². The molecule has 1 amide bonds. The van der Waals surface area contributed by atoms with Gasteiger partial charge in [0.25, 0.3) is 5.91 Å². The Bertz CT molecular complexity index is 841. The highest BCUT2D eigenvalue weighted by molar-refractivity contribution is 5.95. The predicted molar refractivity (Wildman–Crippen MR) is 109 cm³/mol. The molecule has 0 aromatic heterocycles. The highest BCUT2D eigenvalue weighted by Crippen LogP contribution is 2.30. The summed E-state index contributed by atoms with van der Waals surface area (Å²) in [7, 11) is 0. The van der Waals surface area contributed by atoms with Gasteiger partial charge < -0.3 is 10.5 Å². The highest BCUT2D eigenvalue weighted by Gasteiger charge is 2.19. The SMILES string of the molecule is [N-]=[N+]=NC(Cc1ccccc1)c1ccc(OCC2CCCCC2)c(C(N)=O)c1. The number of azide groups is 1. The molecule has 0 bridgehead atoms. The van der Waals surface area contributed by atoms with Crippen molar-refractivity contribution in [2.24, 2.45) is 16.8 Å². The molecule has 0 aliphatic heterocycles. The molecule has 28 heavy (non-hydrogen) atoms. The molecular formula is C22H26N4O2. The second-order valence-electron chi connectivity index (χ2n) is 7.35. The van der Waals surface area contributed by atoms with Crippen molar-refractivity contribution in [1.82, 2.24) is 0 Å². The van der Waals surface area contributed by atoms with E-state index in [-0.39, 0.29) is 0 Å². The normalized spacial score (nSPS) is 15.4. The summed E-state index contributed by atoms with van der Waals surface area (Å²) < 4.78 is 5.95. The lowest BCUT2D eigenvalue weighted by Gasteiger charge is -2.22. The van der Waals surface area contributed by atoms with Gasteiger partial charge in [-0.1, -0.05) is 60.8 Å². The Labute approximate surface area is 165 Å². The van der Waals surface area contributed by atoms with Gasteiger partial charge in [-0.2, -0.15) is 0 Å². The second-order valence-corrected chi connectivity index (χ2v) is 7.35. The largest absolute Gasteiger partial charge is 0.492 e. The molecule has 0 spiro atoms. The third kappa shape index (κ3) is 5.27. The van der Waals surface area contributed by atoms with Crippen LogP contribution in [-0.4, -0.2) is 12.5 Å². The molecule has 1 atom stereocenters. The maximum absolute atomic E-state index is 12.0. The number of carbonyl (C=O) groups excluding carboxylic acids is 1. The Morgan fingerprint density at radius 1 is 1.18 bits per heavy atom. The monoisotopic (exact) mass is 378 g/mol. The van der Waals surface area contributed by atoms with Crippen molar-refractivity contribution in [3.05, 3.63) is 75.7 Å². The number of amides is 1. The zero-order valence-corrected chi connectivity index (χ0v) is 16.0. The van der Waals surface area contributed by atoms with Crippen LogP contribution in [0.15, 0.2) is 53.6 Å². The summed E-state index contributed by atoms with van der Waals surface area (Å²) in [6, 6.07) is 14.7. The van der Waals surface area contributed by atoms with Crippen LogP contribution in [-0.2, 0) is 6.42 Å². The van der Waals surface area contributed by atoms with E-state index < -0.39 is 11.9 Å². The zero-order valence-electron chi connectivity index (χ0n) is 16.0. The fourth-order valence-electron chi connectivity index (χ4n) is 3.76. The third-order valence-corrected chi connectivity index (χ3v) is 5.32. The van der Waals surface area contributed by atoms with Crippen LogP contribution in [0.25, 0.3) is 10.4 Å². The van der Waals surface area contributed by atoms with Crippen LogP contribution in [0.3, 0.4) is 0 Å². The average Bonchev–Trinajstić information content (AvgIpc) is 2.73. The summed E-state index contributed by atoms with van der Waals surface area (Å²) in [5.74, 6) is 0.490. The maximum atomic E-state index is 12.0. The minimum atomic E-state index is -0.542. The van der Waals surface area contributed by atoms with Crippen LogP contribution in [0.2, 0.25) is 0 Å². The molecule has 1 aliphatic carbocycles. The van der Waals surface area contributed by atoms with Gasteiger partial charge in [0.05, 0.1) is 18.2 Å². The number of carbonyl (C=O) groups is 1. The van der Waals surface area contributed by atoms with E-state index in [0.717, 1.165) is 11.1 Å². The van der Waals surface area contributed by atoms with Gasteiger partial charge >= 0.3 is 0 Å². The molecule has 2 aromatic rings. The van der Waals surface area contributed by atoms with Crippen LogP contribution < -0.4 is 10.5 Å². The highest BCUT2D eigenvalue weighted by atomic mass is 16.5. The van der Waals surface area contributed by atoms with E-state index in [1.165, 1.54) is 32.1 Å². The molecule has 0 heterocycles. The van der Waals surface area contributed by atoms with Crippen LogP contribution >= 0.6 is 0 Å². The van der Waals surface area contributed by atoms with Crippen molar-refractivity contribution in [1.29, 1.82) is 0 Å². The molecule has 1 unspecified atom stereocenters. The lowest BCUT2D eigenvalue weighted by molar-refractivity contribution is 0.0994. The molecule has 6 heteroatoms. The van der Waals surface area contributed by atoms with Crippen molar-refractivity contribution in [2.45, 2.75) is 44.6 Å². The molecule has 3 rings (SSSR count). The quantitative estimate of drug-likeness (QED) is 0.381. The number of benzene rings is 2. The summed E-state index contributed by atoms with van der Waals surface area (Å²) >= 11 is 0. The minimum absolute atomic E-state index is 0.333. The number of nitrogens with zero attached hydrogens (tertiary/aromatic N) is 3. The average molecular weight is 378 g/mol. The minimum Gasteiger partial charge on any atom is -0.492 e. The number of primary amides is 1. The Kier molecular flexibility index (Phi) is 6.93. The summed E-state index contributed by atoms with van der Waals surface area (Å²) in [5, 5.41) is 3.93. The van der Waals surface area contributed by atoms with Gasteiger partial charge in [0.1, 0.15) is 5.75 Å². The summed E-state index contributed by atoms with van der Waals surface area (Å²) in [6.45, 7) is 0.601. The molecule has 146 valence electrons. The number of hydrogen-bond donors (Lipinski definition) is 1. The Morgan fingerprint density at radius 2 is 1.93 bits per heavy atom. The van der Waals surface area contributed by atoms with E-state index in [1.807, 2.05) is 36.4 Å². The molecular weight excluding hydrogens is 352 g/mol. The van der Waals surface area contributed by atoms with Crippen molar-refractivity contribution < 1.29 is 9.53 Å². The fraction of sp³-hybridized carbons (Fsp3) is 0.409. The first-order valence-electron chi connectivity index (χ1n) is 9.82. The number of hydrogen-bond acceptors (Lipinski definition) is 3. The van der Waals surface area contributed by atoms with Gasteiger partial charge in [-0.25, -0.2) is 0 Å². The molecule has 1 aliphatic rings. The molecule has 2 aromatic carbocycles. The van der Waals surface area contributed by atoms with Gasteiger partial charge in [-0.05, 0) is 54.0 Å². The second kappa shape index (κ2) is 9.81.